The third-order valence-corrected chi connectivity index (χ3v) is 7.78. The van der Waals surface area contributed by atoms with Gasteiger partial charge in [0, 0.05) is 64.0 Å². The van der Waals surface area contributed by atoms with Crippen LogP contribution in [0, 0.1) is 5.92 Å². The van der Waals surface area contributed by atoms with Gasteiger partial charge in [0.05, 0.1) is 0 Å². The van der Waals surface area contributed by atoms with Crippen LogP contribution in [0.1, 0.15) is 57.8 Å². The molecule has 0 atom stereocenters. The first-order chi connectivity index (χ1) is 16.7. The molecule has 2 N–H and O–H groups in total. The normalized spacial score (nSPS) is 20.8. The van der Waals surface area contributed by atoms with Gasteiger partial charge in [-0.1, -0.05) is 37.5 Å². The highest BCUT2D eigenvalue weighted by Crippen LogP contribution is 2.22. The van der Waals surface area contributed by atoms with Crippen molar-refractivity contribution in [1.82, 2.24) is 20.4 Å². The number of carbonyl (C=O) groups is 2. The van der Waals surface area contributed by atoms with Crippen LogP contribution in [-0.4, -0.2) is 80.1 Å². The SMILES string of the molecule is O=C(CC1CCN(C(=O)NC2CCCCC2)CC1)NCCCN1CCN(c2ccccc2)CC1. The molecule has 3 fully saturated rings. The molecule has 0 aromatic heterocycles. The lowest BCUT2D eigenvalue weighted by molar-refractivity contribution is -0.122. The molecule has 0 radical (unpaired) electrons. The molecule has 3 amide bonds. The molecule has 3 aliphatic rings. The second-order valence-corrected chi connectivity index (χ2v) is 10.3. The molecule has 1 saturated carbocycles. The summed E-state index contributed by atoms with van der Waals surface area (Å²) in [5, 5.41) is 6.34. The fraction of sp³-hybridized carbons (Fsp3) is 0.704. The second-order valence-electron chi connectivity index (χ2n) is 10.3. The largest absolute Gasteiger partial charge is 0.369 e. The van der Waals surface area contributed by atoms with E-state index in [4.69, 9.17) is 0 Å². The van der Waals surface area contributed by atoms with Crippen LogP contribution < -0.4 is 15.5 Å². The van der Waals surface area contributed by atoms with E-state index < -0.39 is 0 Å². The van der Waals surface area contributed by atoms with E-state index in [1.54, 1.807) is 0 Å². The Morgan fingerprint density at radius 3 is 2.26 bits per heavy atom. The van der Waals surface area contributed by atoms with Crippen molar-refractivity contribution >= 4 is 17.6 Å². The molecule has 0 spiro atoms. The number of nitrogens with zero attached hydrogens (tertiary/aromatic N) is 3. The number of hydrogen-bond donors (Lipinski definition) is 2. The molecular formula is C27H43N5O2. The Morgan fingerprint density at radius 1 is 0.853 bits per heavy atom. The number of likely N-dealkylation sites (tertiary alicyclic amines) is 1. The summed E-state index contributed by atoms with van der Waals surface area (Å²) in [6.45, 7) is 7.61. The van der Waals surface area contributed by atoms with E-state index in [9.17, 15) is 9.59 Å². The summed E-state index contributed by atoms with van der Waals surface area (Å²) >= 11 is 0. The van der Waals surface area contributed by atoms with Gasteiger partial charge in [0.2, 0.25) is 5.91 Å². The van der Waals surface area contributed by atoms with Crippen LogP contribution in [0.3, 0.4) is 0 Å². The van der Waals surface area contributed by atoms with Crippen molar-refractivity contribution in [3.05, 3.63) is 30.3 Å². The highest BCUT2D eigenvalue weighted by Gasteiger charge is 2.26. The number of benzene rings is 1. The number of rotatable bonds is 8. The van der Waals surface area contributed by atoms with Gasteiger partial charge in [0.25, 0.3) is 0 Å². The summed E-state index contributed by atoms with van der Waals surface area (Å²) in [7, 11) is 0. The number of para-hydroxylation sites is 1. The van der Waals surface area contributed by atoms with Gasteiger partial charge in [0.1, 0.15) is 0 Å². The van der Waals surface area contributed by atoms with Crippen LogP contribution in [0.4, 0.5) is 10.5 Å². The number of piperazine rings is 1. The molecule has 4 rings (SSSR count). The van der Waals surface area contributed by atoms with E-state index in [2.05, 4.69) is 50.8 Å². The van der Waals surface area contributed by atoms with Gasteiger partial charge in [-0.25, -0.2) is 4.79 Å². The van der Waals surface area contributed by atoms with Crippen LogP contribution in [-0.2, 0) is 4.79 Å². The fourth-order valence-corrected chi connectivity index (χ4v) is 5.59. The summed E-state index contributed by atoms with van der Waals surface area (Å²) in [5.41, 5.74) is 1.31. The Hall–Kier alpha value is -2.28. The highest BCUT2D eigenvalue weighted by atomic mass is 16.2. The quantitative estimate of drug-likeness (QED) is 0.572. The van der Waals surface area contributed by atoms with E-state index in [0.717, 1.165) is 84.5 Å². The van der Waals surface area contributed by atoms with Crippen LogP contribution in [0.5, 0.6) is 0 Å². The third kappa shape index (κ3) is 7.62. The first-order valence-corrected chi connectivity index (χ1v) is 13.5. The van der Waals surface area contributed by atoms with Crippen molar-refractivity contribution < 1.29 is 9.59 Å². The Bertz CT molecular complexity index is 752. The minimum Gasteiger partial charge on any atom is -0.369 e. The van der Waals surface area contributed by atoms with Gasteiger partial charge >= 0.3 is 6.03 Å². The molecule has 0 bridgehead atoms. The van der Waals surface area contributed by atoms with Crippen molar-refractivity contribution in [2.45, 2.75) is 63.8 Å². The van der Waals surface area contributed by atoms with Crippen molar-refractivity contribution in [2.75, 3.05) is 57.3 Å². The first kappa shape index (κ1) is 24.8. The van der Waals surface area contributed by atoms with Crippen molar-refractivity contribution in [2.24, 2.45) is 5.92 Å². The molecular weight excluding hydrogens is 426 g/mol. The Kier molecular flexibility index (Phi) is 9.48. The molecule has 2 heterocycles. The molecule has 2 saturated heterocycles. The van der Waals surface area contributed by atoms with Gasteiger partial charge in [-0.2, -0.15) is 0 Å². The zero-order valence-corrected chi connectivity index (χ0v) is 20.7. The number of hydrogen-bond acceptors (Lipinski definition) is 4. The van der Waals surface area contributed by atoms with Gasteiger partial charge in [-0.15, -0.1) is 0 Å². The molecule has 1 aromatic rings. The highest BCUT2D eigenvalue weighted by molar-refractivity contribution is 5.76. The van der Waals surface area contributed by atoms with Gasteiger partial charge in [0.15, 0.2) is 0 Å². The van der Waals surface area contributed by atoms with Crippen LogP contribution in [0.25, 0.3) is 0 Å². The first-order valence-electron chi connectivity index (χ1n) is 13.5. The molecule has 34 heavy (non-hydrogen) atoms. The smallest absolute Gasteiger partial charge is 0.317 e. The molecule has 2 aliphatic heterocycles. The van der Waals surface area contributed by atoms with E-state index in [-0.39, 0.29) is 11.9 Å². The fourth-order valence-electron chi connectivity index (χ4n) is 5.59. The summed E-state index contributed by atoms with van der Waals surface area (Å²) in [6.07, 6.45) is 9.43. The Labute approximate surface area is 205 Å². The van der Waals surface area contributed by atoms with Gasteiger partial charge in [-0.05, 0) is 56.7 Å². The Balaban J connectivity index is 1.04. The van der Waals surface area contributed by atoms with Crippen LogP contribution in [0.2, 0.25) is 0 Å². The van der Waals surface area contributed by atoms with E-state index in [1.165, 1.54) is 24.9 Å². The number of carbonyl (C=O) groups excluding carboxylic acids is 2. The maximum absolute atomic E-state index is 12.5. The average molecular weight is 470 g/mol. The topological polar surface area (TPSA) is 67.9 Å². The van der Waals surface area contributed by atoms with E-state index >= 15 is 0 Å². The monoisotopic (exact) mass is 469 g/mol. The number of nitrogens with one attached hydrogen (secondary N) is 2. The second kappa shape index (κ2) is 13.0. The van der Waals surface area contributed by atoms with Crippen LogP contribution in [0.15, 0.2) is 30.3 Å². The summed E-state index contributed by atoms with van der Waals surface area (Å²) in [6, 6.07) is 11.1. The third-order valence-electron chi connectivity index (χ3n) is 7.78. The van der Waals surface area contributed by atoms with Crippen molar-refractivity contribution in [3.8, 4) is 0 Å². The van der Waals surface area contributed by atoms with E-state index in [1.807, 2.05) is 4.90 Å². The minimum absolute atomic E-state index is 0.0967. The molecule has 7 heteroatoms. The summed E-state index contributed by atoms with van der Waals surface area (Å²) in [4.78, 5) is 31.8. The zero-order valence-electron chi connectivity index (χ0n) is 20.7. The molecule has 0 unspecified atom stereocenters. The maximum Gasteiger partial charge on any atom is 0.317 e. The number of piperidine rings is 1. The van der Waals surface area contributed by atoms with Crippen molar-refractivity contribution in [1.29, 1.82) is 0 Å². The average Bonchev–Trinajstić information content (AvgIpc) is 2.88. The number of anilines is 1. The lowest BCUT2D eigenvalue weighted by atomic mass is 9.93. The summed E-state index contributed by atoms with van der Waals surface area (Å²) < 4.78 is 0. The zero-order chi connectivity index (χ0) is 23.6. The number of amides is 3. The molecule has 1 aromatic carbocycles. The summed E-state index contributed by atoms with van der Waals surface area (Å²) in [5.74, 6) is 0.559. The lowest BCUT2D eigenvalue weighted by Crippen LogP contribution is -2.48. The van der Waals surface area contributed by atoms with Crippen LogP contribution >= 0.6 is 0 Å². The van der Waals surface area contributed by atoms with Gasteiger partial charge in [-0.3, -0.25) is 9.69 Å². The van der Waals surface area contributed by atoms with Gasteiger partial charge < -0.3 is 20.4 Å². The van der Waals surface area contributed by atoms with E-state index in [0.29, 0.717) is 18.4 Å². The molecule has 188 valence electrons. The molecule has 7 nitrogen and oxygen atoms in total. The van der Waals surface area contributed by atoms with Crippen molar-refractivity contribution in [3.63, 3.8) is 0 Å². The minimum atomic E-state index is 0.0967. The standard InChI is InChI=1S/C27H43N5O2/c33-26(22-23-12-16-32(17-13-23)27(34)29-24-8-3-1-4-9-24)28-14-7-15-30-18-20-31(21-19-30)25-10-5-2-6-11-25/h2,5-6,10-11,23-24H,1,3-4,7-9,12-22H2,(H,28,33)(H,29,34). The lowest BCUT2D eigenvalue weighted by Gasteiger charge is -2.36. The predicted octanol–water partition coefficient (Wildman–Crippen LogP) is 3.46. The predicted molar refractivity (Wildman–Crippen MR) is 137 cm³/mol. The molecule has 1 aliphatic carbocycles. The number of urea groups is 1. The maximum atomic E-state index is 12.5. The Morgan fingerprint density at radius 2 is 1.56 bits per heavy atom.